The Balaban J connectivity index is 2.07. The standard InChI is InChI=1S/C20H17FN4O/c1-24-11-18(17-8-14(22)4-6-19(17)21)16-7-12(3-5-15(16)20(24)26)13-9-23-25(2)10-13/h3-11H,22H2,1-2H3. The molecule has 4 aromatic rings. The lowest BCUT2D eigenvalue weighted by atomic mass is 9.97. The van der Waals surface area contributed by atoms with Crippen molar-refractivity contribution in [2.24, 2.45) is 14.1 Å². The lowest BCUT2D eigenvalue weighted by Gasteiger charge is -2.12. The fraction of sp³-hybridized carbons (Fsp3) is 0.100. The zero-order valence-electron chi connectivity index (χ0n) is 14.4. The van der Waals surface area contributed by atoms with Gasteiger partial charge >= 0.3 is 0 Å². The number of pyridine rings is 1. The van der Waals surface area contributed by atoms with E-state index in [2.05, 4.69) is 5.10 Å². The van der Waals surface area contributed by atoms with Gasteiger partial charge in [0.1, 0.15) is 5.82 Å². The summed E-state index contributed by atoms with van der Waals surface area (Å²) in [7, 11) is 3.50. The third kappa shape index (κ3) is 2.56. The molecule has 2 aromatic heterocycles. The Morgan fingerprint density at radius 2 is 1.77 bits per heavy atom. The van der Waals surface area contributed by atoms with Gasteiger partial charge in [0.2, 0.25) is 0 Å². The van der Waals surface area contributed by atoms with Crippen LogP contribution < -0.4 is 11.3 Å². The molecule has 0 aliphatic rings. The molecule has 0 saturated carbocycles. The largest absolute Gasteiger partial charge is 0.399 e. The topological polar surface area (TPSA) is 65.8 Å². The van der Waals surface area contributed by atoms with E-state index in [0.29, 0.717) is 27.6 Å². The number of hydrogen-bond acceptors (Lipinski definition) is 3. The monoisotopic (exact) mass is 348 g/mol. The predicted molar refractivity (Wildman–Crippen MR) is 101 cm³/mol. The van der Waals surface area contributed by atoms with Crippen molar-refractivity contribution >= 4 is 16.5 Å². The normalized spacial score (nSPS) is 11.2. The van der Waals surface area contributed by atoms with Crippen molar-refractivity contribution < 1.29 is 4.39 Å². The van der Waals surface area contributed by atoms with Crippen molar-refractivity contribution in [3.05, 3.63) is 71.2 Å². The number of hydrogen-bond donors (Lipinski definition) is 1. The maximum Gasteiger partial charge on any atom is 0.258 e. The average molecular weight is 348 g/mol. The van der Waals surface area contributed by atoms with Crippen molar-refractivity contribution in [2.45, 2.75) is 0 Å². The summed E-state index contributed by atoms with van der Waals surface area (Å²) in [6.45, 7) is 0. The SMILES string of the molecule is Cn1cc(-c2ccc3c(=O)n(C)cc(-c4cc(N)ccc4F)c3c2)cn1. The van der Waals surface area contributed by atoms with Crippen molar-refractivity contribution in [1.29, 1.82) is 0 Å². The third-order valence-electron chi connectivity index (χ3n) is 4.50. The number of halogens is 1. The molecule has 0 bridgehead atoms. The van der Waals surface area contributed by atoms with Crippen LogP contribution in [0, 0.1) is 5.82 Å². The van der Waals surface area contributed by atoms with Gasteiger partial charge in [-0.2, -0.15) is 5.10 Å². The van der Waals surface area contributed by atoms with Crippen LogP contribution in [0.25, 0.3) is 33.0 Å². The Kier molecular flexibility index (Phi) is 3.61. The van der Waals surface area contributed by atoms with Crippen molar-refractivity contribution in [2.75, 3.05) is 5.73 Å². The van der Waals surface area contributed by atoms with Crippen LogP contribution in [0.15, 0.2) is 59.8 Å². The number of nitrogen functional groups attached to an aromatic ring is 1. The Morgan fingerprint density at radius 3 is 2.50 bits per heavy atom. The van der Waals surface area contributed by atoms with Crippen LogP contribution in [0.4, 0.5) is 10.1 Å². The zero-order chi connectivity index (χ0) is 18.4. The first-order valence-corrected chi connectivity index (χ1v) is 8.12. The Bertz CT molecular complexity index is 1210. The van der Waals surface area contributed by atoms with E-state index in [9.17, 15) is 9.18 Å². The first-order valence-electron chi connectivity index (χ1n) is 8.12. The molecule has 0 saturated heterocycles. The van der Waals surface area contributed by atoms with E-state index in [-0.39, 0.29) is 11.4 Å². The molecule has 2 N–H and O–H groups in total. The van der Waals surface area contributed by atoms with Crippen LogP contribution in [0.2, 0.25) is 0 Å². The number of nitrogens with two attached hydrogens (primary N) is 1. The second-order valence-corrected chi connectivity index (χ2v) is 6.36. The summed E-state index contributed by atoms with van der Waals surface area (Å²) in [6.07, 6.45) is 5.29. The van der Waals surface area contributed by atoms with Gasteiger partial charge in [0.15, 0.2) is 0 Å². The Labute approximate surface area is 149 Å². The lowest BCUT2D eigenvalue weighted by molar-refractivity contribution is 0.631. The van der Waals surface area contributed by atoms with Crippen LogP contribution in [0.5, 0.6) is 0 Å². The van der Waals surface area contributed by atoms with Crippen molar-refractivity contribution in [3.63, 3.8) is 0 Å². The van der Waals surface area contributed by atoms with E-state index >= 15 is 0 Å². The smallest absolute Gasteiger partial charge is 0.258 e. The molecule has 2 heterocycles. The van der Waals surface area contributed by atoms with E-state index < -0.39 is 0 Å². The quantitative estimate of drug-likeness (QED) is 0.565. The van der Waals surface area contributed by atoms with E-state index in [1.165, 1.54) is 16.7 Å². The van der Waals surface area contributed by atoms with Gasteiger partial charge in [-0.05, 0) is 41.3 Å². The van der Waals surface area contributed by atoms with Crippen molar-refractivity contribution in [1.82, 2.24) is 14.3 Å². The molecule has 0 radical (unpaired) electrons. The molecule has 0 aliphatic heterocycles. The minimum absolute atomic E-state index is 0.134. The predicted octanol–water partition coefficient (Wildman–Crippen LogP) is 3.33. The molecule has 0 aliphatic carbocycles. The molecule has 5 nitrogen and oxygen atoms in total. The second kappa shape index (κ2) is 5.84. The third-order valence-corrected chi connectivity index (χ3v) is 4.50. The minimum Gasteiger partial charge on any atom is -0.399 e. The summed E-state index contributed by atoms with van der Waals surface area (Å²) >= 11 is 0. The number of rotatable bonds is 2. The summed E-state index contributed by atoms with van der Waals surface area (Å²) < 4.78 is 17.7. The van der Waals surface area contributed by atoms with E-state index in [1.54, 1.807) is 36.3 Å². The molecule has 0 fully saturated rings. The number of aryl methyl sites for hydroxylation is 2. The summed E-state index contributed by atoms with van der Waals surface area (Å²) in [5.41, 5.74) is 9.01. The molecule has 130 valence electrons. The molecule has 26 heavy (non-hydrogen) atoms. The van der Waals surface area contributed by atoms with Gasteiger partial charge in [-0.15, -0.1) is 0 Å². The minimum atomic E-state index is -0.383. The highest BCUT2D eigenvalue weighted by Crippen LogP contribution is 2.32. The van der Waals surface area contributed by atoms with Crippen molar-refractivity contribution in [3.8, 4) is 22.3 Å². The first kappa shape index (κ1) is 16.1. The van der Waals surface area contributed by atoms with Gasteiger partial charge in [-0.1, -0.05) is 6.07 Å². The van der Waals surface area contributed by atoms with Gasteiger partial charge in [0.05, 0.1) is 6.20 Å². The maximum atomic E-state index is 14.5. The zero-order valence-corrected chi connectivity index (χ0v) is 14.4. The van der Waals surface area contributed by atoms with Crippen LogP contribution in [-0.2, 0) is 14.1 Å². The number of aromatic nitrogens is 3. The van der Waals surface area contributed by atoms with E-state index in [0.717, 1.165) is 11.1 Å². The number of fused-ring (bicyclic) bond motifs is 1. The second-order valence-electron chi connectivity index (χ2n) is 6.36. The molecule has 2 aromatic carbocycles. The fourth-order valence-electron chi connectivity index (χ4n) is 3.18. The van der Waals surface area contributed by atoms with Crippen LogP contribution >= 0.6 is 0 Å². The summed E-state index contributed by atoms with van der Waals surface area (Å²) in [5, 5.41) is 5.39. The molecule has 4 rings (SSSR count). The van der Waals surface area contributed by atoms with Crippen LogP contribution in [0.3, 0.4) is 0 Å². The first-order chi connectivity index (χ1) is 12.4. The maximum absolute atomic E-state index is 14.5. The highest BCUT2D eigenvalue weighted by Gasteiger charge is 2.14. The highest BCUT2D eigenvalue weighted by atomic mass is 19.1. The highest BCUT2D eigenvalue weighted by molar-refractivity contribution is 5.98. The molecule has 0 amide bonds. The Morgan fingerprint density at radius 1 is 0.962 bits per heavy atom. The summed E-state index contributed by atoms with van der Waals surface area (Å²) in [6, 6.07) is 9.99. The van der Waals surface area contributed by atoms with Crippen LogP contribution in [-0.4, -0.2) is 14.3 Å². The number of nitrogens with zero attached hydrogens (tertiary/aromatic N) is 3. The van der Waals surface area contributed by atoms with Gasteiger partial charge in [0.25, 0.3) is 5.56 Å². The molecule has 6 heteroatoms. The average Bonchev–Trinajstić information content (AvgIpc) is 3.06. The molecular formula is C20H17FN4O. The van der Waals surface area contributed by atoms with Gasteiger partial charge < -0.3 is 10.3 Å². The molecule has 0 spiro atoms. The van der Waals surface area contributed by atoms with Crippen LogP contribution in [0.1, 0.15) is 0 Å². The van der Waals surface area contributed by atoms with Gasteiger partial charge in [-0.3, -0.25) is 9.48 Å². The number of benzene rings is 2. The fourth-order valence-corrected chi connectivity index (χ4v) is 3.18. The summed E-state index contributed by atoms with van der Waals surface area (Å²) in [4.78, 5) is 12.5. The van der Waals surface area contributed by atoms with Gasteiger partial charge in [-0.25, -0.2) is 4.39 Å². The van der Waals surface area contributed by atoms with E-state index in [1.807, 2.05) is 25.4 Å². The van der Waals surface area contributed by atoms with E-state index in [4.69, 9.17) is 5.73 Å². The number of anilines is 1. The molecule has 0 atom stereocenters. The summed E-state index contributed by atoms with van der Waals surface area (Å²) in [5.74, 6) is -0.383. The Hall–Kier alpha value is -3.41. The molecular weight excluding hydrogens is 331 g/mol. The lowest BCUT2D eigenvalue weighted by Crippen LogP contribution is -2.16. The van der Waals surface area contributed by atoms with Gasteiger partial charge in [0, 0.05) is 54.3 Å². The molecule has 0 unspecified atom stereocenters.